The van der Waals surface area contributed by atoms with Crippen molar-refractivity contribution in [1.29, 1.82) is 0 Å². The molecule has 0 radical (unpaired) electrons. The van der Waals surface area contributed by atoms with Crippen molar-refractivity contribution in [2.24, 2.45) is 0 Å². The molecule has 5 heterocycles. The van der Waals surface area contributed by atoms with Crippen molar-refractivity contribution in [3.05, 3.63) is 42.6 Å². The largest absolute Gasteiger partial charge is 0.481 e. The Morgan fingerprint density at radius 2 is 2.05 bits per heavy atom. The second-order valence-electron chi connectivity index (χ2n) is 9.43. The van der Waals surface area contributed by atoms with Crippen LogP contribution in [-0.2, 0) is 9.53 Å². The predicted molar refractivity (Wildman–Crippen MR) is 143 cm³/mol. The lowest BCUT2D eigenvalue weighted by atomic mass is 10.0. The quantitative estimate of drug-likeness (QED) is 0.504. The molecular weight excluding hydrogens is 492 g/mol. The molecule has 6 rings (SSSR count). The molecule has 1 unspecified atom stereocenters. The molecule has 3 aliphatic heterocycles. The van der Waals surface area contributed by atoms with Crippen molar-refractivity contribution in [1.82, 2.24) is 14.9 Å². The monoisotopic (exact) mass is 520 g/mol. The molecule has 2 N–H and O–H groups in total. The zero-order valence-electron chi connectivity index (χ0n) is 20.5. The Labute approximate surface area is 218 Å². The second-order valence-corrected chi connectivity index (χ2v) is 10.4. The number of piperidine rings is 1. The molecule has 11 heteroatoms. The van der Waals surface area contributed by atoms with E-state index in [1.54, 1.807) is 18.2 Å². The number of thioether (sulfide) groups is 1. The maximum Gasteiger partial charge on any atom is 0.414 e. The number of fused-ring (bicyclic) bond motifs is 2. The maximum atomic E-state index is 12.6. The molecule has 1 aromatic carbocycles. The molecular formula is C26H28N6O4S. The van der Waals surface area contributed by atoms with Gasteiger partial charge in [0, 0.05) is 48.5 Å². The summed E-state index contributed by atoms with van der Waals surface area (Å²) in [6.07, 6.45) is 3.20. The summed E-state index contributed by atoms with van der Waals surface area (Å²) in [5, 5.41) is 6.53. The summed E-state index contributed by atoms with van der Waals surface area (Å²) in [6.45, 7) is 3.01. The van der Waals surface area contributed by atoms with E-state index < -0.39 is 0 Å². The number of amides is 2. The highest BCUT2D eigenvalue weighted by Crippen LogP contribution is 2.35. The van der Waals surface area contributed by atoms with E-state index in [1.807, 2.05) is 36.4 Å². The Morgan fingerprint density at radius 1 is 1.19 bits per heavy atom. The number of rotatable bonds is 6. The third kappa shape index (κ3) is 5.01. The number of hydrogen-bond donors (Lipinski definition) is 2. The first-order valence-corrected chi connectivity index (χ1v) is 13.4. The van der Waals surface area contributed by atoms with Crippen molar-refractivity contribution < 1.29 is 19.1 Å². The minimum absolute atomic E-state index is 0.0254. The first-order valence-electron chi connectivity index (χ1n) is 12.4. The van der Waals surface area contributed by atoms with Gasteiger partial charge in [0.25, 0.3) is 0 Å². The fourth-order valence-electron chi connectivity index (χ4n) is 5.07. The van der Waals surface area contributed by atoms with Crippen LogP contribution in [0.25, 0.3) is 11.0 Å². The molecule has 10 nitrogen and oxygen atoms in total. The lowest BCUT2D eigenvalue weighted by molar-refractivity contribution is -0.113. The number of nitrogens with one attached hydrogen (secondary N) is 2. The lowest BCUT2D eigenvalue weighted by Crippen LogP contribution is -2.43. The number of likely N-dealkylation sites (tertiary alicyclic amines) is 1. The van der Waals surface area contributed by atoms with E-state index in [2.05, 4.69) is 25.5 Å². The number of nitrogens with zero attached hydrogens (tertiary/aromatic N) is 4. The summed E-state index contributed by atoms with van der Waals surface area (Å²) < 4.78 is 11.0. The average Bonchev–Trinajstić information content (AvgIpc) is 3.29. The zero-order valence-corrected chi connectivity index (χ0v) is 21.3. The van der Waals surface area contributed by atoms with Gasteiger partial charge in [-0.25, -0.2) is 9.78 Å². The van der Waals surface area contributed by atoms with Crippen molar-refractivity contribution in [2.75, 3.05) is 54.6 Å². The first-order chi connectivity index (χ1) is 18.1. The van der Waals surface area contributed by atoms with Gasteiger partial charge < -0.3 is 20.1 Å². The Balaban J connectivity index is 1.04. The summed E-state index contributed by atoms with van der Waals surface area (Å²) in [4.78, 5) is 38.4. The normalized spacial score (nSPS) is 20.5. The molecule has 1 atom stereocenters. The maximum absolute atomic E-state index is 12.6. The fourth-order valence-corrected chi connectivity index (χ4v) is 5.86. The molecule has 37 heavy (non-hydrogen) atoms. The van der Waals surface area contributed by atoms with E-state index in [9.17, 15) is 9.59 Å². The first kappa shape index (κ1) is 23.8. The Bertz CT molecular complexity index is 1350. The average molecular weight is 521 g/mol. The van der Waals surface area contributed by atoms with Crippen molar-refractivity contribution in [2.45, 2.75) is 29.9 Å². The number of carbonyl (C=O) groups is 2. The van der Waals surface area contributed by atoms with Crippen molar-refractivity contribution in [3.63, 3.8) is 0 Å². The van der Waals surface area contributed by atoms with Gasteiger partial charge in [-0.2, -0.15) is 0 Å². The number of aromatic nitrogens is 2. The third-order valence-corrected chi connectivity index (χ3v) is 8.03. The van der Waals surface area contributed by atoms with Crippen LogP contribution < -0.4 is 20.3 Å². The number of pyridine rings is 2. The number of carbonyl (C=O) groups excluding carboxylic acids is 2. The summed E-state index contributed by atoms with van der Waals surface area (Å²) >= 11 is 1.50. The molecule has 2 fully saturated rings. The molecule has 3 aromatic rings. The molecule has 2 saturated heterocycles. The molecule has 0 bridgehead atoms. The summed E-state index contributed by atoms with van der Waals surface area (Å²) in [7, 11) is 1.61. The number of benzene rings is 1. The van der Waals surface area contributed by atoms with Gasteiger partial charge in [-0.05, 0) is 43.2 Å². The van der Waals surface area contributed by atoms with Gasteiger partial charge in [0.1, 0.15) is 11.6 Å². The standard InChI is InChI=1S/C26H28N6O4S/c1-35-24-5-3-19-25(30-24)20(6-9-27-19)28-16-7-10-31(11-8-16)13-18-14-32(26(34)36-18)17-2-4-22-21(12-17)29-23(33)15-37-22/h2-6,9,12,16,18H,7-8,10-11,13-15H2,1H3,(H,27,28)(H,29,33). The van der Waals surface area contributed by atoms with Crippen LogP contribution in [0.1, 0.15) is 12.8 Å². The Kier molecular flexibility index (Phi) is 6.47. The van der Waals surface area contributed by atoms with Crippen LogP contribution in [0.5, 0.6) is 5.88 Å². The van der Waals surface area contributed by atoms with Gasteiger partial charge in [0.15, 0.2) is 0 Å². The number of anilines is 3. The minimum atomic E-state index is -0.344. The van der Waals surface area contributed by atoms with Gasteiger partial charge in [-0.3, -0.25) is 19.6 Å². The predicted octanol–water partition coefficient (Wildman–Crippen LogP) is 3.58. The van der Waals surface area contributed by atoms with Gasteiger partial charge in [-0.15, -0.1) is 11.8 Å². The van der Waals surface area contributed by atoms with E-state index in [0.717, 1.165) is 58.9 Å². The molecule has 0 spiro atoms. The molecule has 0 aliphatic carbocycles. The van der Waals surface area contributed by atoms with Crippen molar-refractivity contribution >= 4 is 51.9 Å². The number of cyclic esters (lactones) is 1. The molecule has 2 amide bonds. The summed E-state index contributed by atoms with van der Waals surface area (Å²) in [5.41, 5.74) is 4.09. The van der Waals surface area contributed by atoms with Crippen LogP contribution in [0, 0.1) is 0 Å². The van der Waals surface area contributed by atoms with Crippen LogP contribution in [-0.4, -0.2) is 78.1 Å². The zero-order chi connectivity index (χ0) is 25.4. The van der Waals surface area contributed by atoms with Crippen LogP contribution >= 0.6 is 11.8 Å². The van der Waals surface area contributed by atoms with Crippen LogP contribution in [0.2, 0.25) is 0 Å². The number of hydrogen-bond acceptors (Lipinski definition) is 9. The second kappa shape index (κ2) is 10.1. The summed E-state index contributed by atoms with van der Waals surface area (Å²) in [6, 6.07) is 11.7. The van der Waals surface area contributed by atoms with E-state index in [0.29, 0.717) is 30.8 Å². The molecule has 192 valence electrons. The van der Waals surface area contributed by atoms with Gasteiger partial charge in [-0.1, -0.05) is 0 Å². The smallest absolute Gasteiger partial charge is 0.414 e. The molecule has 0 saturated carbocycles. The van der Waals surface area contributed by atoms with Crippen LogP contribution in [0.15, 0.2) is 47.5 Å². The van der Waals surface area contributed by atoms with Crippen LogP contribution in [0.3, 0.4) is 0 Å². The molecule has 3 aliphatic rings. The van der Waals surface area contributed by atoms with Gasteiger partial charge >= 0.3 is 6.09 Å². The summed E-state index contributed by atoms with van der Waals surface area (Å²) in [5.74, 6) is 0.956. The Morgan fingerprint density at radius 3 is 2.89 bits per heavy atom. The minimum Gasteiger partial charge on any atom is -0.481 e. The van der Waals surface area contributed by atoms with E-state index >= 15 is 0 Å². The van der Waals surface area contributed by atoms with E-state index in [1.165, 1.54) is 11.8 Å². The Hall–Kier alpha value is -3.57. The van der Waals surface area contributed by atoms with Gasteiger partial charge in [0.2, 0.25) is 11.8 Å². The number of ether oxygens (including phenoxy) is 2. The van der Waals surface area contributed by atoms with E-state index in [-0.39, 0.29) is 18.1 Å². The van der Waals surface area contributed by atoms with Crippen molar-refractivity contribution in [3.8, 4) is 5.88 Å². The van der Waals surface area contributed by atoms with Gasteiger partial charge in [0.05, 0.1) is 36.3 Å². The third-order valence-electron chi connectivity index (χ3n) is 6.96. The SMILES string of the molecule is COc1ccc2nccc(NC3CCN(CC4CN(c5ccc6c(c5)NC(=O)CS6)C(=O)O4)CC3)c2n1. The molecule has 2 aromatic heterocycles. The number of methoxy groups -OCH3 is 1. The lowest BCUT2D eigenvalue weighted by Gasteiger charge is -2.33. The topological polar surface area (TPSA) is 109 Å². The highest BCUT2D eigenvalue weighted by atomic mass is 32.2. The fraction of sp³-hybridized carbons (Fsp3) is 0.385. The highest BCUT2D eigenvalue weighted by molar-refractivity contribution is 8.00. The highest BCUT2D eigenvalue weighted by Gasteiger charge is 2.35. The van der Waals surface area contributed by atoms with Crippen LogP contribution in [0.4, 0.5) is 21.9 Å². The van der Waals surface area contributed by atoms with E-state index in [4.69, 9.17) is 9.47 Å².